The van der Waals surface area contributed by atoms with E-state index >= 15 is 0 Å². The van der Waals surface area contributed by atoms with Gasteiger partial charge in [-0.25, -0.2) is 12.4 Å². The minimum atomic E-state index is -3.70. The Balaban J connectivity index is 2.04. The molecule has 24 heavy (non-hydrogen) atoms. The third kappa shape index (κ3) is 3.23. The molecule has 0 amide bonds. The number of halogens is 1. The standard InChI is InChI=1S/C17H17BrN3O2S/c1-2-3-5-8-13-11-15-16(18)12-21(17(15)20-19-13)24(22,23)14-9-6-4-7-10-14/h4,6-7,9-12H,1-3,5,8H2. The van der Waals surface area contributed by atoms with Crippen LogP contribution in [-0.2, 0) is 16.4 Å². The first-order chi connectivity index (χ1) is 11.5. The summed E-state index contributed by atoms with van der Waals surface area (Å²) in [6, 6.07) is 10.2. The first-order valence-corrected chi connectivity index (χ1v) is 9.90. The summed E-state index contributed by atoms with van der Waals surface area (Å²) in [5, 5.41) is 9.09. The van der Waals surface area contributed by atoms with Crippen LogP contribution in [0.4, 0.5) is 0 Å². The highest BCUT2D eigenvalue weighted by Crippen LogP contribution is 2.28. The molecule has 0 saturated carbocycles. The number of nitrogens with zero attached hydrogens (tertiary/aromatic N) is 3. The molecule has 3 rings (SSSR count). The lowest BCUT2D eigenvalue weighted by atomic mass is 10.1. The predicted octanol–water partition coefficient (Wildman–Crippen LogP) is 3.98. The Morgan fingerprint density at radius 1 is 1.12 bits per heavy atom. The van der Waals surface area contributed by atoms with Crippen LogP contribution in [0.3, 0.4) is 0 Å². The van der Waals surface area contributed by atoms with E-state index in [1.165, 1.54) is 10.2 Å². The van der Waals surface area contributed by atoms with Gasteiger partial charge in [-0.2, -0.15) is 5.10 Å². The summed E-state index contributed by atoms with van der Waals surface area (Å²) >= 11 is 3.44. The highest BCUT2D eigenvalue weighted by atomic mass is 79.9. The largest absolute Gasteiger partial charge is 0.269 e. The first-order valence-electron chi connectivity index (χ1n) is 7.67. The molecule has 0 saturated heterocycles. The molecule has 0 bridgehead atoms. The third-order valence-electron chi connectivity index (χ3n) is 3.75. The van der Waals surface area contributed by atoms with Crippen LogP contribution < -0.4 is 0 Å². The molecule has 0 atom stereocenters. The number of fused-ring (bicyclic) bond motifs is 1. The maximum Gasteiger partial charge on any atom is 0.269 e. The zero-order valence-electron chi connectivity index (χ0n) is 13.0. The van der Waals surface area contributed by atoms with Gasteiger partial charge in [0, 0.05) is 16.1 Å². The maximum atomic E-state index is 12.8. The van der Waals surface area contributed by atoms with Gasteiger partial charge in [0.25, 0.3) is 10.0 Å². The van der Waals surface area contributed by atoms with Crippen molar-refractivity contribution in [3.8, 4) is 0 Å². The van der Waals surface area contributed by atoms with E-state index in [1.807, 2.05) is 6.07 Å². The van der Waals surface area contributed by atoms with Crippen molar-refractivity contribution in [3.63, 3.8) is 0 Å². The summed E-state index contributed by atoms with van der Waals surface area (Å²) in [6.45, 7) is 3.83. The Morgan fingerprint density at radius 3 is 2.58 bits per heavy atom. The molecule has 0 spiro atoms. The molecular formula is C17H17BrN3O2S. The van der Waals surface area contributed by atoms with Crippen molar-refractivity contribution in [1.29, 1.82) is 0 Å². The van der Waals surface area contributed by atoms with Crippen LogP contribution in [0.25, 0.3) is 11.0 Å². The average molecular weight is 407 g/mol. The lowest BCUT2D eigenvalue weighted by Crippen LogP contribution is -2.12. The normalized spacial score (nSPS) is 11.9. The van der Waals surface area contributed by atoms with Gasteiger partial charge < -0.3 is 0 Å². The second-order valence-electron chi connectivity index (χ2n) is 5.47. The number of hydrogen-bond acceptors (Lipinski definition) is 4. The zero-order chi connectivity index (χ0) is 17.2. The SMILES string of the molecule is [CH2]CCCCc1cc2c(Br)cn(S(=O)(=O)c3ccccc3)c2nn1. The minimum absolute atomic E-state index is 0.218. The molecule has 0 N–H and O–H groups in total. The Morgan fingerprint density at radius 2 is 1.88 bits per heavy atom. The molecule has 125 valence electrons. The van der Waals surface area contributed by atoms with Crippen molar-refractivity contribution < 1.29 is 8.42 Å². The zero-order valence-corrected chi connectivity index (χ0v) is 15.4. The highest BCUT2D eigenvalue weighted by molar-refractivity contribution is 9.10. The van der Waals surface area contributed by atoms with Gasteiger partial charge in [0.15, 0.2) is 5.65 Å². The Hall–Kier alpha value is -1.73. The van der Waals surface area contributed by atoms with E-state index in [0.29, 0.717) is 10.1 Å². The van der Waals surface area contributed by atoms with Crippen LogP contribution in [-0.4, -0.2) is 22.6 Å². The molecule has 7 heteroatoms. The van der Waals surface area contributed by atoms with E-state index in [4.69, 9.17) is 0 Å². The monoisotopic (exact) mass is 406 g/mol. The van der Waals surface area contributed by atoms with E-state index in [0.717, 1.165) is 36.8 Å². The number of unbranched alkanes of at least 4 members (excludes halogenated alkanes) is 2. The fourth-order valence-electron chi connectivity index (χ4n) is 2.49. The molecule has 0 aliphatic rings. The fraction of sp³-hybridized carbons (Fsp3) is 0.235. The van der Waals surface area contributed by atoms with Gasteiger partial charge in [-0.1, -0.05) is 38.0 Å². The number of hydrogen-bond donors (Lipinski definition) is 0. The van der Waals surface area contributed by atoms with Crippen LogP contribution in [0.5, 0.6) is 0 Å². The summed E-state index contributed by atoms with van der Waals surface area (Å²) in [5.74, 6) is 0. The Bertz CT molecular complexity index is 953. The number of rotatable bonds is 6. The van der Waals surface area contributed by atoms with Crippen molar-refractivity contribution in [2.45, 2.75) is 30.6 Å². The smallest absolute Gasteiger partial charge is 0.221 e. The summed E-state index contributed by atoms with van der Waals surface area (Å²) in [4.78, 5) is 0.218. The highest BCUT2D eigenvalue weighted by Gasteiger charge is 2.22. The molecule has 2 heterocycles. The first kappa shape index (κ1) is 17.1. The molecule has 3 aromatic rings. The molecule has 0 aliphatic heterocycles. The topological polar surface area (TPSA) is 64.8 Å². The van der Waals surface area contributed by atoms with Crippen LogP contribution in [0.1, 0.15) is 25.0 Å². The maximum absolute atomic E-state index is 12.8. The van der Waals surface area contributed by atoms with Crippen LogP contribution in [0.15, 0.2) is 52.0 Å². The predicted molar refractivity (Wildman–Crippen MR) is 97.2 cm³/mol. The van der Waals surface area contributed by atoms with Gasteiger partial charge in [-0.15, -0.1) is 5.10 Å². The van der Waals surface area contributed by atoms with Crippen molar-refractivity contribution in [3.05, 3.63) is 59.7 Å². The van der Waals surface area contributed by atoms with Crippen molar-refractivity contribution in [2.75, 3.05) is 0 Å². The number of benzene rings is 1. The second kappa shape index (κ2) is 7.03. The Kier molecular flexibility index (Phi) is 5.01. The third-order valence-corrected chi connectivity index (χ3v) is 6.05. The van der Waals surface area contributed by atoms with Gasteiger partial charge in [0.05, 0.1) is 10.6 Å². The van der Waals surface area contributed by atoms with E-state index in [-0.39, 0.29) is 4.90 Å². The molecule has 2 aromatic heterocycles. The molecule has 1 aromatic carbocycles. The lowest BCUT2D eigenvalue weighted by molar-refractivity contribution is 0.588. The lowest BCUT2D eigenvalue weighted by Gasteiger charge is -2.06. The van der Waals surface area contributed by atoms with E-state index in [2.05, 4.69) is 33.1 Å². The summed E-state index contributed by atoms with van der Waals surface area (Å²) in [5.41, 5.74) is 1.18. The van der Waals surface area contributed by atoms with Crippen molar-refractivity contribution >= 4 is 37.0 Å². The second-order valence-corrected chi connectivity index (χ2v) is 8.14. The molecular weight excluding hydrogens is 390 g/mol. The van der Waals surface area contributed by atoms with Crippen molar-refractivity contribution in [2.24, 2.45) is 0 Å². The molecule has 0 unspecified atom stereocenters. The molecule has 0 aliphatic carbocycles. The molecule has 5 nitrogen and oxygen atoms in total. The number of aromatic nitrogens is 3. The van der Waals surface area contributed by atoms with Crippen LogP contribution >= 0.6 is 15.9 Å². The average Bonchev–Trinajstić information content (AvgIpc) is 2.93. The van der Waals surface area contributed by atoms with E-state index in [9.17, 15) is 8.42 Å². The van der Waals surface area contributed by atoms with Gasteiger partial charge >= 0.3 is 0 Å². The minimum Gasteiger partial charge on any atom is -0.221 e. The number of aryl methyl sites for hydroxylation is 1. The van der Waals surface area contributed by atoms with Gasteiger partial charge in [-0.3, -0.25) is 0 Å². The van der Waals surface area contributed by atoms with Gasteiger partial charge in [0.1, 0.15) is 0 Å². The fourth-order valence-corrected chi connectivity index (χ4v) is 4.46. The van der Waals surface area contributed by atoms with E-state index in [1.54, 1.807) is 30.3 Å². The van der Waals surface area contributed by atoms with Crippen LogP contribution in [0.2, 0.25) is 0 Å². The molecule has 1 radical (unpaired) electrons. The molecule has 0 fully saturated rings. The Labute approximate surface area is 149 Å². The van der Waals surface area contributed by atoms with Crippen LogP contribution in [0, 0.1) is 6.92 Å². The summed E-state index contributed by atoms with van der Waals surface area (Å²) in [6.07, 6.45) is 5.25. The van der Waals surface area contributed by atoms with Gasteiger partial charge in [0.2, 0.25) is 0 Å². The van der Waals surface area contributed by atoms with E-state index < -0.39 is 10.0 Å². The summed E-state index contributed by atoms with van der Waals surface area (Å²) < 4.78 is 27.5. The summed E-state index contributed by atoms with van der Waals surface area (Å²) in [7, 11) is -3.70. The quantitative estimate of drug-likeness (QED) is 0.580. The van der Waals surface area contributed by atoms with Crippen molar-refractivity contribution in [1.82, 2.24) is 14.2 Å². The van der Waals surface area contributed by atoms with Gasteiger partial charge in [-0.05, 0) is 47.0 Å².